The van der Waals surface area contributed by atoms with Gasteiger partial charge in [0.1, 0.15) is 6.04 Å². The van der Waals surface area contributed by atoms with Crippen LogP contribution >= 0.6 is 0 Å². The summed E-state index contributed by atoms with van der Waals surface area (Å²) in [5.74, 6) is -1.82. The van der Waals surface area contributed by atoms with Gasteiger partial charge in [-0.1, -0.05) is 20.3 Å². The molecule has 0 spiro atoms. The smallest absolute Gasteiger partial charge is 0.326 e. The third-order valence-corrected chi connectivity index (χ3v) is 2.79. The molecule has 0 aromatic carbocycles. The summed E-state index contributed by atoms with van der Waals surface area (Å²) in [5.41, 5.74) is 0. The van der Waals surface area contributed by atoms with Crippen molar-refractivity contribution in [1.82, 2.24) is 10.6 Å². The Morgan fingerprint density at radius 1 is 1.21 bits per heavy atom. The standard InChI is InChI=1S/C12H22N2O5/c1-3-8(2)7-13-12(19)14-9(11(17)18)5-4-6-10(15)16/h8-9H,3-7H2,1-2H3,(H,15,16)(H,17,18)(H2,13,14,19)/t8?,9-/m1/s1. The molecule has 1 unspecified atom stereocenters. The number of carboxylic acid groups (broad SMARTS) is 2. The van der Waals surface area contributed by atoms with Gasteiger partial charge in [-0.3, -0.25) is 4.79 Å². The summed E-state index contributed by atoms with van der Waals surface area (Å²) in [6, 6.07) is -1.60. The summed E-state index contributed by atoms with van der Waals surface area (Å²) < 4.78 is 0. The molecule has 0 aromatic heterocycles. The lowest BCUT2D eigenvalue weighted by molar-refractivity contribution is -0.140. The van der Waals surface area contributed by atoms with Crippen LogP contribution in [0, 0.1) is 5.92 Å². The van der Waals surface area contributed by atoms with Gasteiger partial charge < -0.3 is 20.8 Å². The maximum Gasteiger partial charge on any atom is 0.326 e. The molecular weight excluding hydrogens is 252 g/mol. The zero-order valence-corrected chi connectivity index (χ0v) is 11.3. The molecule has 0 aromatic rings. The predicted molar refractivity (Wildman–Crippen MR) is 68.9 cm³/mol. The molecule has 4 N–H and O–H groups in total. The molecule has 0 radical (unpaired) electrons. The van der Waals surface area contributed by atoms with Crippen LogP contribution in [0.15, 0.2) is 0 Å². The van der Waals surface area contributed by atoms with E-state index in [0.717, 1.165) is 6.42 Å². The highest BCUT2D eigenvalue weighted by Gasteiger charge is 2.19. The van der Waals surface area contributed by atoms with E-state index in [-0.39, 0.29) is 19.3 Å². The first-order chi connectivity index (χ1) is 8.86. The average molecular weight is 274 g/mol. The van der Waals surface area contributed by atoms with Crippen LogP contribution in [0.2, 0.25) is 0 Å². The average Bonchev–Trinajstić information content (AvgIpc) is 2.34. The van der Waals surface area contributed by atoms with Gasteiger partial charge >= 0.3 is 18.0 Å². The Kier molecular flexibility index (Phi) is 8.32. The van der Waals surface area contributed by atoms with Crippen molar-refractivity contribution in [3.05, 3.63) is 0 Å². The molecule has 0 aliphatic carbocycles. The lowest BCUT2D eigenvalue weighted by atomic mass is 10.1. The van der Waals surface area contributed by atoms with Crippen LogP contribution in [0.1, 0.15) is 39.5 Å². The van der Waals surface area contributed by atoms with Crippen molar-refractivity contribution in [1.29, 1.82) is 0 Å². The molecule has 0 heterocycles. The minimum Gasteiger partial charge on any atom is -0.481 e. The molecule has 0 aliphatic heterocycles. The number of rotatable bonds is 9. The van der Waals surface area contributed by atoms with Gasteiger partial charge in [-0.05, 0) is 18.8 Å². The van der Waals surface area contributed by atoms with Crippen molar-refractivity contribution in [2.45, 2.75) is 45.6 Å². The largest absolute Gasteiger partial charge is 0.481 e. The van der Waals surface area contributed by atoms with E-state index in [4.69, 9.17) is 10.2 Å². The zero-order chi connectivity index (χ0) is 14.8. The molecule has 0 rings (SSSR count). The molecule has 0 aliphatic rings. The fourth-order valence-corrected chi connectivity index (χ4v) is 1.34. The molecule has 0 saturated carbocycles. The molecule has 0 fully saturated rings. The normalized spacial score (nSPS) is 13.4. The van der Waals surface area contributed by atoms with Crippen LogP contribution in [0.5, 0.6) is 0 Å². The van der Waals surface area contributed by atoms with E-state index in [0.29, 0.717) is 12.5 Å². The highest BCUT2D eigenvalue weighted by Crippen LogP contribution is 2.02. The van der Waals surface area contributed by atoms with Crippen molar-refractivity contribution >= 4 is 18.0 Å². The first kappa shape index (κ1) is 17.2. The Morgan fingerprint density at radius 2 is 1.84 bits per heavy atom. The molecule has 2 atom stereocenters. The summed E-state index contributed by atoms with van der Waals surface area (Å²) in [7, 11) is 0. The molecular formula is C12H22N2O5. The number of carbonyl (C=O) groups is 3. The summed E-state index contributed by atoms with van der Waals surface area (Å²) >= 11 is 0. The van der Waals surface area contributed by atoms with E-state index in [1.54, 1.807) is 0 Å². The van der Waals surface area contributed by atoms with Crippen molar-refractivity contribution in [3.8, 4) is 0 Å². The van der Waals surface area contributed by atoms with Gasteiger partial charge in [0.2, 0.25) is 0 Å². The van der Waals surface area contributed by atoms with E-state index >= 15 is 0 Å². The molecule has 110 valence electrons. The van der Waals surface area contributed by atoms with E-state index in [1.165, 1.54) is 0 Å². The quantitative estimate of drug-likeness (QED) is 0.501. The van der Waals surface area contributed by atoms with E-state index in [9.17, 15) is 14.4 Å². The predicted octanol–water partition coefficient (Wildman–Crippen LogP) is 1.04. The number of amides is 2. The van der Waals surface area contributed by atoms with Gasteiger partial charge in [-0.2, -0.15) is 0 Å². The number of hydrogen-bond donors (Lipinski definition) is 4. The first-order valence-corrected chi connectivity index (χ1v) is 6.35. The first-order valence-electron chi connectivity index (χ1n) is 6.35. The summed E-state index contributed by atoms with van der Waals surface area (Å²) in [6.07, 6.45) is 1.11. The van der Waals surface area contributed by atoms with Crippen molar-refractivity contribution in [3.63, 3.8) is 0 Å². The van der Waals surface area contributed by atoms with Crippen LogP contribution in [0.3, 0.4) is 0 Å². The van der Waals surface area contributed by atoms with Gasteiger partial charge in [-0.25, -0.2) is 9.59 Å². The zero-order valence-electron chi connectivity index (χ0n) is 11.3. The van der Waals surface area contributed by atoms with Gasteiger partial charge in [0.15, 0.2) is 0 Å². The van der Waals surface area contributed by atoms with E-state index in [2.05, 4.69) is 10.6 Å². The Morgan fingerprint density at radius 3 is 2.32 bits per heavy atom. The van der Waals surface area contributed by atoms with Gasteiger partial charge in [0.05, 0.1) is 0 Å². The maximum atomic E-state index is 11.5. The van der Waals surface area contributed by atoms with Gasteiger partial charge in [0.25, 0.3) is 0 Å². The highest BCUT2D eigenvalue weighted by atomic mass is 16.4. The Labute approximate surface area is 112 Å². The third kappa shape index (κ3) is 8.87. The summed E-state index contributed by atoms with van der Waals surface area (Å²) in [5, 5.41) is 22.3. The number of urea groups is 1. The molecule has 19 heavy (non-hydrogen) atoms. The minimum atomic E-state index is -1.16. The fraction of sp³-hybridized carbons (Fsp3) is 0.750. The molecule has 0 bridgehead atoms. The lowest BCUT2D eigenvalue weighted by Gasteiger charge is -2.16. The number of nitrogens with one attached hydrogen (secondary N) is 2. The topological polar surface area (TPSA) is 116 Å². The monoisotopic (exact) mass is 274 g/mol. The maximum absolute atomic E-state index is 11.5. The molecule has 7 nitrogen and oxygen atoms in total. The molecule has 7 heteroatoms. The second kappa shape index (κ2) is 9.18. The van der Waals surface area contributed by atoms with E-state index in [1.807, 2.05) is 13.8 Å². The Balaban J connectivity index is 4.08. The van der Waals surface area contributed by atoms with E-state index < -0.39 is 24.0 Å². The molecule has 0 saturated heterocycles. The van der Waals surface area contributed by atoms with Crippen LogP contribution in [-0.2, 0) is 9.59 Å². The number of carboxylic acids is 2. The fourth-order valence-electron chi connectivity index (χ4n) is 1.34. The number of carbonyl (C=O) groups excluding carboxylic acids is 1. The third-order valence-electron chi connectivity index (χ3n) is 2.79. The Hall–Kier alpha value is -1.79. The van der Waals surface area contributed by atoms with Gasteiger partial charge in [-0.15, -0.1) is 0 Å². The number of aliphatic carboxylic acids is 2. The Bertz CT molecular complexity index is 319. The van der Waals surface area contributed by atoms with Crippen molar-refractivity contribution < 1.29 is 24.6 Å². The van der Waals surface area contributed by atoms with Gasteiger partial charge in [0, 0.05) is 13.0 Å². The minimum absolute atomic E-state index is 0.0956. The SMILES string of the molecule is CCC(C)CNC(=O)N[C@H](CCCC(=O)O)C(=O)O. The van der Waals surface area contributed by atoms with Crippen molar-refractivity contribution in [2.75, 3.05) is 6.54 Å². The van der Waals surface area contributed by atoms with Crippen LogP contribution in [0.4, 0.5) is 4.79 Å². The summed E-state index contributed by atoms with van der Waals surface area (Å²) in [4.78, 5) is 32.7. The van der Waals surface area contributed by atoms with Crippen molar-refractivity contribution in [2.24, 2.45) is 5.92 Å². The number of hydrogen-bond acceptors (Lipinski definition) is 3. The van der Waals surface area contributed by atoms with Crippen LogP contribution in [-0.4, -0.2) is 40.8 Å². The summed E-state index contributed by atoms with van der Waals surface area (Å²) in [6.45, 7) is 4.45. The highest BCUT2D eigenvalue weighted by molar-refractivity contribution is 5.82. The second-order valence-corrected chi connectivity index (χ2v) is 4.54. The lowest BCUT2D eigenvalue weighted by Crippen LogP contribution is -2.46. The van der Waals surface area contributed by atoms with Crippen LogP contribution < -0.4 is 10.6 Å². The molecule has 2 amide bonds. The van der Waals surface area contributed by atoms with Crippen LogP contribution in [0.25, 0.3) is 0 Å². The second-order valence-electron chi connectivity index (χ2n) is 4.54.